The van der Waals surface area contributed by atoms with Gasteiger partial charge in [-0.3, -0.25) is 10.1 Å². The monoisotopic (exact) mass is 296 g/mol. The number of likely N-dealkylation sites (tertiary alicyclic amines) is 1. The Morgan fingerprint density at radius 1 is 1.14 bits per heavy atom. The highest BCUT2D eigenvalue weighted by Gasteiger charge is 2.42. The van der Waals surface area contributed by atoms with Crippen molar-refractivity contribution in [2.45, 2.75) is 76.3 Å². The molecule has 1 unspecified atom stereocenters. The molecule has 1 saturated carbocycles. The normalized spacial score (nSPS) is 29.6. The van der Waals surface area contributed by atoms with Crippen molar-refractivity contribution in [3.05, 3.63) is 0 Å². The summed E-state index contributed by atoms with van der Waals surface area (Å²) in [5.41, 5.74) is -0.451. The molecule has 4 nitrogen and oxygen atoms in total. The first-order chi connectivity index (χ1) is 10.2. The van der Waals surface area contributed by atoms with Crippen LogP contribution in [-0.2, 0) is 9.53 Å². The molecule has 4 heteroatoms. The van der Waals surface area contributed by atoms with E-state index in [-0.39, 0.29) is 5.97 Å². The highest BCUT2D eigenvalue weighted by Crippen LogP contribution is 2.27. The Morgan fingerprint density at radius 3 is 2.48 bits per heavy atom. The van der Waals surface area contributed by atoms with E-state index in [4.69, 9.17) is 4.74 Å². The van der Waals surface area contributed by atoms with E-state index in [9.17, 15) is 4.79 Å². The van der Waals surface area contributed by atoms with Gasteiger partial charge in [-0.25, -0.2) is 0 Å². The van der Waals surface area contributed by atoms with Crippen molar-refractivity contribution < 1.29 is 9.53 Å². The van der Waals surface area contributed by atoms with E-state index in [1.165, 1.54) is 45.6 Å². The summed E-state index contributed by atoms with van der Waals surface area (Å²) in [5, 5.41) is 3.75. The van der Waals surface area contributed by atoms with Crippen molar-refractivity contribution in [2.75, 3.05) is 26.7 Å². The van der Waals surface area contributed by atoms with Gasteiger partial charge in [-0.05, 0) is 45.2 Å². The predicted molar refractivity (Wildman–Crippen MR) is 85.3 cm³/mol. The quantitative estimate of drug-likeness (QED) is 0.640. The van der Waals surface area contributed by atoms with Crippen LogP contribution < -0.4 is 5.32 Å². The van der Waals surface area contributed by atoms with Crippen LogP contribution >= 0.6 is 0 Å². The highest BCUT2D eigenvalue weighted by atomic mass is 16.5. The molecule has 1 heterocycles. The van der Waals surface area contributed by atoms with Crippen molar-refractivity contribution in [1.82, 2.24) is 10.2 Å². The number of methoxy groups -OCH3 is 1. The van der Waals surface area contributed by atoms with Crippen LogP contribution in [0.5, 0.6) is 0 Å². The zero-order valence-corrected chi connectivity index (χ0v) is 13.8. The first kappa shape index (κ1) is 16.8. The molecule has 0 radical (unpaired) electrons. The van der Waals surface area contributed by atoms with Gasteiger partial charge >= 0.3 is 5.97 Å². The third-order valence-corrected chi connectivity index (χ3v) is 5.29. The van der Waals surface area contributed by atoms with Gasteiger partial charge in [-0.1, -0.05) is 32.6 Å². The van der Waals surface area contributed by atoms with Gasteiger partial charge in [0.2, 0.25) is 0 Å². The molecule has 1 atom stereocenters. The molecule has 0 aromatic rings. The molecule has 0 amide bonds. The molecule has 21 heavy (non-hydrogen) atoms. The van der Waals surface area contributed by atoms with Gasteiger partial charge in [0.15, 0.2) is 0 Å². The Balaban J connectivity index is 2.06. The van der Waals surface area contributed by atoms with Crippen molar-refractivity contribution in [1.29, 1.82) is 0 Å². The van der Waals surface area contributed by atoms with Crippen LogP contribution in [0.3, 0.4) is 0 Å². The summed E-state index contributed by atoms with van der Waals surface area (Å²) in [5.74, 6) is -0.0512. The van der Waals surface area contributed by atoms with Crippen LogP contribution in [0.15, 0.2) is 0 Å². The fourth-order valence-corrected chi connectivity index (χ4v) is 3.92. The van der Waals surface area contributed by atoms with Gasteiger partial charge < -0.3 is 9.64 Å². The minimum Gasteiger partial charge on any atom is -0.468 e. The van der Waals surface area contributed by atoms with Crippen LogP contribution in [0, 0.1) is 0 Å². The molecule has 0 bridgehead atoms. The lowest BCUT2D eigenvalue weighted by atomic mass is 9.88. The molecule has 2 fully saturated rings. The number of carbonyl (C=O) groups is 1. The van der Waals surface area contributed by atoms with Crippen LogP contribution in [0.2, 0.25) is 0 Å². The van der Waals surface area contributed by atoms with E-state index in [2.05, 4.69) is 17.1 Å². The van der Waals surface area contributed by atoms with Crippen LogP contribution in [0.4, 0.5) is 0 Å². The molecular weight excluding hydrogens is 264 g/mol. The molecule has 0 spiro atoms. The molecule has 1 N–H and O–H groups in total. The van der Waals surface area contributed by atoms with Gasteiger partial charge in [-0.2, -0.15) is 0 Å². The molecule has 1 aliphatic heterocycles. The third kappa shape index (κ3) is 4.43. The SMILES string of the molecule is CCN1CCCC(NC2CCCCCC2)(C(=O)OC)CC1. The number of esters is 1. The Hall–Kier alpha value is -0.610. The zero-order chi connectivity index (χ0) is 15.1. The van der Waals surface area contributed by atoms with Gasteiger partial charge in [0.25, 0.3) is 0 Å². The maximum atomic E-state index is 12.5. The molecule has 0 aromatic heterocycles. The number of ether oxygens (including phenoxy) is 1. The number of hydrogen-bond acceptors (Lipinski definition) is 4. The minimum atomic E-state index is -0.451. The van der Waals surface area contributed by atoms with E-state index >= 15 is 0 Å². The summed E-state index contributed by atoms with van der Waals surface area (Å²) >= 11 is 0. The summed E-state index contributed by atoms with van der Waals surface area (Å²) in [6.45, 7) is 5.36. The van der Waals surface area contributed by atoms with Crippen molar-refractivity contribution in [3.8, 4) is 0 Å². The number of nitrogens with zero attached hydrogens (tertiary/aromatic N) is 1. The summed E-state index contributed by atoms with van der Waals surface area (Å²) in [4.78, 5) is 14.9. The van der Waals surface area contributed by atoms with E-state index in [1.807, 2.05) is 0 Å². The van der Waals surface area contributed by atoms with Crippen molar-refractivity contribution in [3.63, 3.8) is 0 Å². The van der Waals surface area contributed by atoms with Crippen molar-refractivity contribution >= 4 is 5.97 Å². The van der Waals surface area contributed by atoms with Gasteiger partial charge in [0, 0.05) is 12.6 Å². The summed E-state index contributed by atoms with van der Waals surface area (Å²) in [6.07, 6.45) is 10.5. The average Bonchev–Trinajstić information content (AvgIpc) is 2.88. The van der Waals surface area contributed by atoms with E-state index in [0.29, 0.717) is 6.04 Å². The first-order valence-corrected chi connectivity index (χ1v) is 8.78. The van der Waals surface area contributed by atoms with Crippen LogP contribution in [-0.4, -0.2) is 49.2 Å². The lowest BCUT2D eigenvalue weighted by Crippen LogP contribution is -2.56. The maximum Gasteiger partial charge on any atom is 0.326 e. The standard InChI is InChI=1S/C17H32N2O2/c1-3-19-13-8-11-17(12-14-19,16(20)21-2)18-15-9-6-4-5-7-10-15/h15,18H,3-14H2,1-2H3. The fraction of sp³-hybridized carbons (Fsp3) is 0.941. The number of hydrogen-bond donors (Lipinski definition) is 1. The minimum absolute atomic E-state index is 0.0512. The largest absolute Gasteiger partial charge is 0.468 e. The lowest BCUT2D eigenvalue weighted by molar-refractivity contribution is -0.149. The Bertz CT molecular complexity index is 327. The number of nitrogens with one attached hydrogen (secondary N) is 1. The van der Waals surface area contributed by atoms with E-state index in [1.54, 1.807) is 0 Å². The highest BCUT2D eigenvalue weighted by molar-refractivity contribution is 5.80. The maximum absolute atomic E-state index is 12.5. The smallest absolute Gasteiger partial charge is 0.326 e. The zero-order valence-electron chi connectivity index (χ0n) is 13.8. The summed E-state index contributed by atoms with van der Waals surface area (Å²) < 4.78 is 5.17. The fourth-order valence-electron chi connectivity index (χ4n) is 3.92. The molecule has 1 saturated heterocycles. The van der Waals surface area contributed by atoms with Gasteiger partial charge in [0.05, 0.1) is 7.11 Å². The van der Waals surface area contributed by atoms with Crippen LogP contribution in [0.1, 0.15) is 64.7 Å². The topological polar surface area (TPSA) is 41.6 Å². The molecule has 1 aliphatic carbocycles. The van der Waals surface area contributed by atoms with Crippen molar-refractivity contribution in [2.24, 2.45) is 0 Å². The molecule has 122 valence electrons. The number of rotatable bonds is 4. The predicted octanol–water partition coefficient (Wildman–Crippen LogP) is 2.72. The van der Waals surface area contributed by atoms with Gasteiger partial charge in [0.1, 0.15) is 5.54 Å². The third-order valence-electron chi connectivity index (χ3n) is 5.29. The molecule has 2 aliphatic rings. The van der Waals surface area contributed by atoms with Gasteiger partial charge in [-0.15, -0.1) is 0 Å². The summed E-state index contributed by atoms with van der Waals surface area (Å²) in [7, 11) is 1.53. The summed E-state index contributed by atoms with van der Waals surface area (Å²) in [6, 6.07) is 0.486. The second-order valence-electron chi connectivity index (χ2n) is 6.69. The van der Waals surface area contributed by atoms with Crippen LogP contribution in [0.25, 0.3) is 0 Å². The van der Waals surface area contributed by atoms with E-state index < -0.39 is 5.54 Å². The average molecular weight is 296 g/mol. The molecule has 0 aromatic carbocycles. The number of carbonyl (C=O) groups excluding carboxylic acids is 1. The Kier molecular flexibility index (Phi) is 6.49. The Morgan fingerprint density at radius 2 is 1.86 bits per heavy atom. The molecular formula is C17H32N2O2. The second kappa shape index (κ2) is 8.14. The first-order valence-electron chi connectivity index (χ1n) is 8.78. The molecule has 2 rings (SSSR count). The van der Waals surface area contributed by atoms with E-state index in [0.717, 1.165) is 38.9 Å². The lowest BCUT2D eigenvalue weighted by Gasteiger charge is -2.35. The second-order valence-corrected chi connectivity index (χ2v) is 6.69. The Labute approximate surface area is 129 Å².